The van der Waals surface area contributed by atoms with E-state index in [1.807, 2.05) is 0 Å². The average molecular weight is 252 g/mol. The summed E-state index contributed by atoms with van der Waals surface area (Å²) in [5.41, 5.74) is -0.837. The maximum Gasteiger partial charge on any atom is 0.268 e. The summed E-state index contributed by atoms with van der Waals surface area (Å²) >= 11 is 0. The van der Waals surface area contributed by atoms with Crippen molar-refractivity contribution in [2.45, 2.75) is 18.2 Å². The number of hydrogen-bond acceptors (Lipinski definition) is 4. The molecule has 0 atom stereocenters. The normalized spacial score (nSPS) is 11.9. The molecule has 0 fully saturated rings. The number of alkyl halides is 2. The van der Waals surface area contributed by atoms with Crippen LogP contribution in [0.15, 0.2) is 11.1 Å². The van der Waals surface area contributed by atoms with Gasteiger partial charge in [0.15, 0.2) is 0 Å². The highest BCUT2D eigenvalue weighted by atomic mass is 32.2. The van der Waals surface area contributed by atoms with Crippen molar-refractivity contribution in [3.05, 3.63) is 17.5 Å². The lowest BCUT2D eigenvalue weighted by Crippen LogP contribution is -2.18. The summed E-state index contributed by atoms with van der Waals surface area (Å²) in [6, 6.07) is 0. The molecule has 1 aromatic rings. The minimum absolute atomic E-state index is 0.0846. The molecule has 16 heavy (non-hydrogen) atoms. The molecule has 0 amide bonds. The molecular formula is C8H10F2N2O3S. The van der Waals surface area contributed by atoms with Crippen LogP contribution in [0.4, 0.5) is 8.78 Å². The molecule has 0 radical (unpaired) electrons. The lowest BCUT2D eigenvalue weighted by atomic mass is 10.2. The highest BCUT2D eigenvalue weighted by molar-refractivity contribution is 7.89. The lowest BCUT2D eigenvalue weighted by molar-refractivity contribution is 0.143. The molecule has 8 heteroatoms. The predicted octanol–water partition coefficient (Wildman–Crippen LogP) is 0.984. The molecule has 90 valence electrons. The van der Waals surface area contributed by atoms with Crippen LogP contribution in [-0.2, 0) is 10.0 Å². The molecule has 1 rings (SSSR count). The summed E-state index contributed by atoms with van der Waals surface area (Å²) in [5.74, 6) is -0.301. The van der Waals surface area contributed by atoms with Crippen molar-refractivity contribution in [1.82, 2.24) is 4.98 Å². The predicted molar refractivity (Wildman–Crippen MR) is 51.9 cm³/mol. The molecule has 5 nitrogen and oxygen atoms in total. The Hall–Kier alpha value is -1.28. The topological polar surface area (TPSA) is 82.3 Å². The Bertz CT molecular complexity index is 502. The van der Waals surface area contributed by atoms with Crippen LogP contribution >= 0.6 is 0 Å². The van der Waals surface area contributed by atoms with Crippen molar-refractivity contribution in [1.29, 1.82) is 0 Å². The zero-order valence-corrected chi connectivity index (χ0v) is 9.38. The first kappa shape index (κ1) is 12.8. The highest BCUT2D eigenvalue weighted by Gasteiger charge is 2.27. The number of pyridine rings is 1. The lowest BCUT2D eigenvalue weighted by Gasteiger charge is -2.13. The zero-order valence-electron chi connectivity index (χ0n) is 8.57. The third-order valence-electron chi connectivity index (χ3n) is 1.94. The zero-order chi connectivity index (χ0) is 12.5. The first-order chi connectivity index (χ1) is 7.29. The highest BCUT2D eigenvalue weighted by Crippen LogP contribution is 2.34. The number of ether oxygens (including phenoxy) is 1. The average Bonchev–Trinajstić information content (AvgIpc) is 2.15. The first-order valence-corrected chi connectivity index (χ1v) is 5.68. The third-order valence-corrected chi connectivity index (χ3v) is 3.02. The van der Waals surface area contributed by atoms with Crippen molar-refractivity contribution in [3.8, 4) is 5.75 Å². The van der Waals surface area contributed by atoms with Gasteiger partial charge in [0.25, 0.3) is 6.43 Å². The van der Waals surface area contributed by atoms with E-state index < -0.39 is 26.9 Å². The largest absolute Gasteiger partial charge is 0.495 e. The number of rotatable bonds is 3. The van der Waals surface area contributed by atoms with Crippen LogP contribution in [0.1, 0.15) is 17.7 Å². The molecular weight excluding hydrogens is 242 g/mol. The molecule has 0 bridgehead atoms. The van der Waals surface area contributed by atoms with Crippen LogP contribution in [0.2, 0.25) is 0 Å². The van der Waals surface area contributed by atoms with Crippen LogP contribution in [0, 0.1) is 6.92 Å². The molecule has 1 aromatic heterocycles. The van der Waals surface area contributed by atoms with Crippen molar-refractivity contribution in [2.24, 2.45) is 5.14 Å². The fourth-order valence-electron chi connectivity index (χ4n) is 1.32. The van der Waals surface area contributed by atoms with E-state index in [9.17, 15) is 17.2 Å². The van der Waals surface area contributed by atoms with Crippen molar-refractivity contribution >= 4 is 10.0 Å². The number of nitrogens with zero attached hydrogens (tertiary/aromatic N) is 1. The summed E-state index contributed by atoms with van der Waals surface area (Å²) in [7, 11) is -3.12. The second kappa shape index (κ2) is 4.30. The van der Waals surface area contributed by atoms with Crippen molar-refractivity contribution in [3.63, 3.8) is 0 Å². The summed E-state index contributed by atoms with van der Waals surface area (Å²) in [4.78, 5) is 2.96. The Labute approximate surface area is 91.3 Å². The standard InChI is InChI=1S/C8H10F2N2O3S/c1-4-7(16(11,13)14)6(8(9)10)5(15-2)3-12-4/h3,8H,1-2H3,(H2,11,13,14). The van der Waals surface area contributed by atoms with E-state index in [1.165, 1.54) is 6.92 Å². The summed E-state index contributed by atoms with van der Waals surface area (Å²) < 4.78 is 52.5. The van der Waals surface area contributed by atoms with E-state index in [4.69, 9.17) is 5.14 Å². The molecule has 0 saturated carbocycles. The number of sulfonamides is 1. The fraction of sp³-hybridized carbons (Fsp3) is 0.375. The maximum atomic E-state index is 12.8. The smallest absolute Gasteiger partial charge is 0.268 e. The second-order valence-electron chi connectivity index (χ2n) is 3.00. The number of aromatic nitrogens is 1. The molecule has 0 aliphatic heterocycles. The number of aryl methyl sites for hydroxylation is 1. The quantitative estimate of drug-likeness (QED) is 0.869. The van der Waals surface area contributed by atoms with Crippen molar-refractivity contribution < 1.29 is 21.9 Å². The van der Waals surface area contributed by atoms with Gasteiger partial charge in [-0.25, -0.2) is 22.3 Å². The molecule has 2 N–H and O–H groups in total. The van der Waals surface area contributed by atoms with E-state index in [1.54, 1.807) is 0 Å². The van der Waals surface area contributed by atoms with Gasteiger partial charge in [-0.2, -0.15) is 0 Å². The summed E-state index contributed by atoms with van der Waals surface area (Å²) in [6.45, 7) is 1.28. The van der Waals surface area contributed by atoms with Gasteiger partial charge in [-0.1, -0.05) is 0 Å². The van der Waals surface area contributed by atoms with E-state index >= 15 is 0 Å². The summed E-state index contributed by atoms with van der Waals surface area (Å²) in [5, 5.41) is 4.86. The maximum absolute atomic E-state index is 12.8. The monoisotopic (exact) mass is 252 g/mol. The number of halogens is 2. The number of nitrogens with two attached hydrogens (primary N) is 1. The Morgan fingerprint density at radius 3 is 2.44 bits per heavy atom. The Morgan fingerprint density at radius 2 is 2.06 bits per heavy atom. The minimum Gasteiger partial charge on any atom is -0.495 e. The van der Waals surface area contributed by atoms with E-state index in [-0.39, 0.29) is 11.4 Å². The first-order valence-electron chi connectivity index (χ1n) is 4.13. The molecule has 1 heterocycles. The van der Waals surface area contributed by atoms with Gasteiger partial charge in [0.05, 0.1) is 24.6 Å². The van der Waals surface area contributed by atoms with Crippen LogP contribution < -0.4 is 9.88 Å². The van der Waals surface area contributed by atoms with Gasteiger partial charge in [-0.15, -0.1) is 0 Å². The number of primary sulfonamides is 1. The van der Waals surface area contributed by atoms with Gasteiger partial charge in [-0.3, -0.25) is 4.98 Å². The van der Waals surface area contributed by atoms with Crippen LogP contribution in [0.25, 0.3) is 0 Å². The van der Waals surface area contributed by atoms with Crippen LogP contribution in [-0.4, -0.2) is 20.5 Å². The Kier molecular flexibility index (Phi) is 3.44. The fourth-order valence-corrected chi connectivity index (χ4v) is 2.28. The molecule has 0 aliphatic rings. The Morgan fingerprint density at radius 1 is 1.50 bits per heavy atom. The van der Waals surface area contributed by atoms with Crippen molar-refractivity contribution in [2.75, 3.05) is 7.11 Å². The van der Waals surface area contributed by atoms with Gasteiger partial charge >= 0.3 is 0 Å². The Balaban J connectivity index is 3.69. The van der Waals surface area contributed by atoms with Gasteiger partial charge < -0.3 is 4.74 Å². The summed E-state index contributed by atoms with van der Waals surface area (Å²) in [6.07, 6.45) is -1.98. The van der Waals surface area contributed by atoms with Crippen LogP contribution in [0.5, 0.6) is 5.75 Å². The van der Waals surface area contributed by atoms with E-state index in [0.717, 1.165) is 13.3 Å². The third kappa shape index (κ3) is 2.27. The van der Waals surface area contributed by atoms with E-state index in [0.29, 0.717) is 0 Å². The molecule has 0 spiro atoms. The van der Waals surface area contributed by atoms with Gasteiger partial charge in [0, 0.05) is 0 Å². The van der Waals surface area contributed by atoms with Gasteiger partial charge in [0.2, 0.25) is 10.0 Å². The van der Waals surface area contributed by atoms with Crippen LogP contribution in [0.3, 0.4) is 0 Å². The molecule has 0 aromatic carbocycles. The number of hydrogen-bond donors (Lipinski definition) is 1. The van der Waals surface area contributed by atoms with Gasteiger partial charge in [-0.05, 0) is 6.92 Å². The SMILES string of the molecule is COc1cnc(C)c(S(N)(=O)=O)c1C(F)F. The number of methoxy groups -OCH3 is 1. The second-order valence-corrected chi connectivity index (χ2v) is 4.50. The van der Waals surface area contributed by atoms with E-state index in [2.05, 4.69) is 9.72 Å². The van der Waals surface area contributed by atoms with Gasteiger partial charge in [0.1, 0.15) is 10.6 Å². The molecule has 0 unspecified atom stereocenters. The molecule has 0 aliphatic carbocycles. The minimum atomic E-state index is -4.26. The molecule has 0 saturated heterocycles.